The monoisotopic (exact) mass is 154 g/mol. The van der Waals surface area contributed by atoms with Gasteiger partial charge in [0.25, 0.3) is 0 Å². The van der Waals surface area contributed by atoms with Crippen LogP contribution in [0.1, 0.15) is 13.8 Å². The Bertz CT molecular complexity index is 185. The fraction of sp³-hybridized carbons (Fsp3) is 0.714. The van der Waals surface area contributed by atoms with Crippen molar-refractivity contribution in [3.63, 3.8) is 0 Å². The van der Waals surface area contributed by atoms with Gasteiger partial charge in [0.05, 0.1) is 6.54 Å². The zero-order valence-corrected chi connectivity index (χ0v) is 6.99. The molecule has 4 heteroatoms. The summed E-state index contributed by atoms with van der Waals surface area (Å²) >= 11 is 0. The number of hydrogen-bond donors (Lipinski definition) is 1. The first-order valence-corrected chi connectivity index (χ1v) is 3.85. The van der Waals surface area contributed by atoms with Crippen molar-refractivity contribution in [1.29, 1.82) is 0 Å². The Hall–Kier alpha value is -1.06. The highest BCUT2D eigenvalue weighted by atomic mass is 15.5. The van der Waals surface area contributed by atoms with Crippen LogP contribution in [0.25, 0.3) is 0 Å². The second-order valence-corrected chi connectivity index (χ2v) is 2.66. The highest BCUT2D eigenvalue weighted by Crippen LogP contribution is 2.05. The molecule has 0 fully saturated rings. The van der Waals surface area contributed by atoms with E-state index in [1.54, 1.807) is 5.01 Å². The molecule has 11 heavy (non-hydrogen) atoms. The van der Waals surface area contributed by atoms with Crippen molar-refractivity contribution in [3.05, 3.63) is 0 Å². The first kappa shape index (κ1) is 8.04. The molecule has 4 nitrogen and oxygen atoms in total. The third-order valence-electron chi connectivity index (χ3n) is 1.51. The van der Waals surface area contributed by atoms with Crippen LogP contribution in [0.3, 0.4) is 0 Å². The van der Waals surface area contributed by atoms with Gasteiger partial charge in [0.2, 0.25) is 5.96 Å². The molecule has 0 radical (unpaired) electrons. The molecule has 0 spiro atoms. The molecule has 0 saturated carbocycles. The summed E-state index contributed by atoms with van der Waals surface area (Å²) in [5, 5.41) is 5.82. The van der Waals surface area contributed by atoms with Crippen LogP contribution in [0.2, 0.25) is 0 Å². The highest BCUT2D eigenvalue weighted by Gasteiger charge is 2.15. The Kier molecular flexibility index (Phi) is 2.46. The Morgan fingerprint density at radius 3 is 3.09 bits per heavy atom. The molecule has 1 unspecified atom stereocenters. The number of hydrazone groups is 1. The summed E-state index contributed by atoms with van der Waals surface area (Å²) in [5.74, 6) is 1.01. The Morgan fingerprint density at radius 1 is 1.91 bits per heavy atom. The van der Waals surface area contributed by atoms with Crippen LogP contribution in [0, 0.1) is 5.92 Å². The zero-order chi connectivity index (χ0) is 8.27. The summed E-state index contributed by atoms with van der Waals surface area (Å²) < 4.78 is 0. The lowest BCUT2D eigenvalue weighted by Gasteiger charge is -2.12. The lowest BCUT2D eigenvalue weighted by molar-refractivity contribution is 0.449. The van der Waals surface area contributed by atoms with E-state index in [0.717, 1.165) is 6.54 Å². The minimum atomic E-state index is 0.487. The number of nitrogens with two attached hydrogens (primary N) is 1. The first-order chi connectivity index (χ1) is 5.24. The SMILES string of the molecule is CC/N=C(/N)N1CC(C)C=N1. The topological polar surface area (TPSA) is 54.0 Å². The van der Waals surface area contributed by atoms with Crippen molar-refractivity contribution >= 4 is 12.2 Å². The van der Waals surface area contributed by atoms with Crippen LogP contribution in [0.4, 0.5) is 0 Å². The van der Waals surface area contributed by atoms with Crippen LogP contribution >= 0.6 is 0 Å². The minimum absolute atomic E-state index is 0.487. The maximum absolute atomic E-state index is 5.61. The predicted molar refractivity (Wildman–Crippen MR) is 46.5 cm³/mol. The van der Waals surface area contributed by atoms with Crippen LogP contribution < -0.4 is 5.73 Å². The Balaban J connectivity index is 2.51. The maximum Gasteiger partial charge on any atom is 0.212 e. The molecular formula is C7H14N4. The molecule has 0 amide bonds. The van der Waals surface area contributed by atoms with E-state index in [0.29, 0.717) is 18.4 Å². The molecule has 1 heterocycles. The number of rotatable bonds is 1. The average molecular weight is 154 g/mol. The fourth-order valence-electron chi connectivity index (χ4n) is 0.958. The van der Waals surface area contributed by atoms with Crippen LogP contribution in [-0.4, -0.2) is 30.3 Å². The summed E-state index contributed by atoms with van der Waals surface area (Å²) in [6.07, 6.45) is 1.89. The molecule has 2 N–H and O–H groups in total. The van der Waals surface area contributed by atoms with Gasteiger partial charge in [-0.05, 0) is 6.92 Å². The number of nitrogens with zero attached hydrogens (tertiary/aromatic N) is 3. The third kappa shape index (κ3) is 1.93. The van der Waals surface area contributed by atoms with Crippen LogP contribution in [0.15, 0.2) is 10.1 Å². The van der Waals surface area contributed by atoms with Crippen molar-refractivity contribution in [2.45, 2.75) is 13.8 Å². The first-order valence-electron chi connectivity index (χ1n) is 3.85. The summed E-state index contributed by atoms with van der Waals surface area (Å²) in [6, 6.07) is 0. The highest BCUT2D eigenvalue weighted by molar-refractivity contribution is 5.80. The zero-order valence-electron chi connectivity index (χ0n) is 6.99. The lowest BCUT2D eigenvalue weighted by atomic mass is 10.2. The van der Waals surface area contributed by atoms with Gasteiger partial charge in [-0.1, -0.05) is 6.92 Å². The molecule has 0 aromatic heterocycles. The summed E-state index contributed by atoms with van der Waals surface area (Å²) in [5.41, 5.74) is 5.61. The predicted octanol–water partition coefficient (Wildman–Crippen LogP) is 0.259. The van der Waals surface area contributed by atoms with Crippen molar-refractivity contribution in [2.75, 3.05) is 13.1 Å². The smallest absolute Gasteiger partial charge is 0.212 e. The van der Waals surface area contributed by atoms with E-state index in [2.05, 4.69) is 17.0 Å². The van der Waals surface area contributed by atoms with Gasteiger partial charge in [0.15, 0.2) is 0 Å². The number of aliphatic imine (C=N–C) groups is 1. The van der Waals surface area contributed by atoms with E-state index in [4.69, 9.17) is 5.73 Å². The van der Waals surface area contributed by atoms with Gasteiger partial charge >= 0.3 is 0 Å². The molecule has 1 aliphatic heterocycles. The molecule has 1 atom stereocenters. The van der Waals surface area contributed by atoms with Crippen LogP contribution in [-0.2, 0) is 0 Å². The van der Waals surface area contributed by atoms with Gasteiger partial charge < -0.3 is 5.73 Å². The van der Waals surface area contributed by atoms with Crippen LogP contribution in [0.5, 0.6) is 0 Å². The molecule has 62 valence electrons. The van der Waals surface area contributed by atoms with E-state index < -0.39 is 0 Å². The van der Waals surface area contributed by atoms with Crippen molar-refractivity contribution < 1.29 is 0 Å². The largest absolute Gasteiger partial charge is 0.368 e. The molecule has 0 aromatic rings. The molecule has 0 aromatic carbocycles. The van der Waals surface area contributed by atoms with E-state index in [1.807, 2.05) is 13.1 Å². The fourth-order valence-corrected chi connectivity index (χ4v) is 0.958. The van der Waals surface area contributed by atoms with Gasteiger partial charge in [-0.25, -0.2) is 5.01 Å². The van der Waals surface area contributed by atoms with Gasteiger partial charge in [-0.3, -0.25) is 4.99 Å². The third-order valence-corrected chi connectivity index (χ3v) is 1.51. The van der Waals surface area contributed by atoms with E-state index in [1.165, 1.54) is 0 Å². The molecule has 1 aliphatic rings. The van der Waals surface area contributed by atoms with Gasteiger partial charge in [-0.15, -0.1) is 0 Å². The Labute approximate surface area is 66.8 Å². The molecule has 0 saturated heterocycles. The van der Waals surface area contributed by atoms with Crippen molar-refractivity contribution in [2.24, 2.45) is 21.7 Å². The van der Waals surface area contributed by atoms with Crippen molar-refractivity contribution in [1.82, 2.24) is 5.01 Å². The molecular weight excluding hydrogens is 140 g/mol. The average Bonchev–Trinajstić information content (AvgIpc) is 2.36. The normalized spacial score (nSPS) is 24.7. The van der Waals surface area contributed by atoms with E-state index in [9.17, 15) is 0 Å². The number of guanidine groups is 1. The number of hydrogen-bond acceptors (Lipinski definition) is 2. The summed E-state index contributed by atoms with van der Waals surface area (Å²) in [7, 11) is 0. The molecule has 0 aliphatic carbocycles. The van der Waals surface area contributed by atoms with E-state index in [-0.39, 0.29) is 0 Å². The molecule has 1 rings (SSSR count). The lowest BCUT2D eigenvalue weighted by Crippen LogP contribution is -2.32. The van der Waals surface area contributed by atoms with Crippen molar-refractivity contribution in [3.8, 4) is 0 Å². The summed E-state index contributed by atoms with van der Waals surface area (Å²) in [6.45, 7) is 5.63. The minimum Gasteiger partial charge on any atom is -0.368 e. The second-order valence-electron chi connectivity index (χ2n) is 2.66. The standard InChI is InChI=1S/C7H14N4/c1-3-9-7(8)11-5-6(2)4-10-11/h4,6H,3,5H2,1-2H3,(H2,8,9). The van der Waals surface area contributed by atoms with Gasteiger partial charge in [0.1, 0.15) is 0 Å². The molecule has 0 bridgehead atoms. The van der Waals surface area contributed by atoms with Gasteiger partial charge in [-0.2, -0.15) is 5.10 Å². The Morgan fingerprint density at radius 2 is 2.64 bits per heavy atom. The maximum atomic E-state index is 5.61. The van der Waals surface area contributed by atoms with E-state index >= 15 is 0 Å². The van der Waals surface area contributed by atoms with Gasteiger partial charge in [0, 0.05) is 18.7 Å². The second kappa shape index (κ2) is 3.37. The quantitative estimate of drug-likeness (QED) is 0.435. The summed E-state index contributed by atoms with van der Waals surface area (Å²) in [4.78, 5) is 4.05.